The highest BCUT2D eigenvalue weighted by atomic mass is 16.5. The summed E-state index contributed by atoms with van der Waals surface area (Å²) in [5.74, 6) is -1.00. The number of ether oxygens (including phenoxy) is 1. The molecule has 0 atom stereocenters. The largest absolute Gasteiger partial charge is 0.480 e. The molecule has 0 fully saturated rings. The Morgan fingerprint density at radius 3 is 2.94 bits per heavy atom. The number of carboxylic acids is 1. The van der Waals surface area contributed by atoms with Gasteiger partial charge in [-0.1, -0.05) is 6.92 Å². The van der Waals surface area contributed by atoms with Gasteiger partial charge in [0.1, 0.15) is 19.0 Å². The molecule has 0 aliphatic heterocycles. The van der Waals surface area contributed by atoms with Crippen molar-refractivity contribution < 1.29 is 19.4 Å². The standard InChI is InChI=1S/C9H13N3O4/c1-2-6-3-10-12-9(6)11-7(13)4-16-5-8(14)15/h3H,2,4-5H2,1H3,(H,14,15)(H2,10,11,12,13). The Morgan fingerprint density at radius 2 is 2.31 bits per heavy atom. The number of hydrogen-bond acceptors (Lipinski definition) is 4. The lowest BCUT2D eigenvalue weighted by atomic mass is 10.2. The molecule has 3 N–H and O–H groups in total. The van der Waals surface area contributed by atoms with E-state index in [9.17, 15) is 9.59 Å². The van der Waals surface area contributed by atoms with E-state index in [0.29, 0.717) is 5.82 Å². The molecule has 0 bridgehead atoms. The molecular weight excluding hydrogens is 214 g/mol. The van der Waals surface area contributed by atoms with E-state index in [1.54, 1.807) is 6.20 Å². The van der Waals surface area contributed by atoms with Crippen LogP contribution in [0.1, 0.15) is 12.5 Å². The summed E-state index contributed by atoms with van der Waals surface area (Å²) < 4.78 is 4.63. The van der Waals surface area contributed by atoms with Crippen LogP contribution in [0.3, 0.4) is 0 Å². The van der Waals surface area contributed by atoms with Crippen LogP contribution in [-0.2, 0) is 20.7 Å². The minimum atomic E-state index is -1.11. The summed E-state index contributed by atoms with van der Waals surface area (Å²) in [4.78, 5) is 21.4. The minimum absolute atomic E-state index is 0.297. The Hall–Kier alpha value is -1.89. The number of aliphatic carboxylic acids is 1. The number of H-pyrrole nitrogens is 1. The predicted molar refractivity (Wildman–Crippen MR) is 55.1 cm³/mol. The number of nitrogens with one attached hydrogen (secondary N) is 2. The zero-order chi connectivity index (χ0) is 12.0. The van der Waals surface area contributed by atoms with Crippen molar-refractivity contribution in [2.24, 2.45) is 0 Å². The molecule has 16 heavy (non-hydrogen) atoms. The zero-order valence-corrected chi connectivity index (χ0v) is 8.82. The van der Waals surface area contributed by atoms with Crippen molar-refractivity contribution in [3.05, 3.63) is 11.8 Å². The van der Waals surface area contributed by atoms with Crippen molar-refractivity contribution in [1.82, 2.24) is 10.2 Å². The molecule has 0 aromatic carbocycles. The monoisotopic (exact) mass is 227 g/mol. The highest BCUT2D eigenvalue weighted by molar-refractivity contribution is 5.91. The molecule has 1 aromatic rings. The number of carbonyl (C=O) groups excluding carboxylic acids is 1. The molecule has 0 saturated carbocycles. The van der Waals surface area contributed by atoms with Crippen molar-refractivity contribution in [2.45, 2.75) is 13.3 Å². The van der Waals surface area contributed by atoms with E-state index >= 15 is 0 Å². The van der Waals surface area contributed by atoms with E-state index in [1.165, 1.54) is 0 Å². The third-order valence-electron chi connectivity index (χ3n) is 1.82. The maximum Gasteiger partial charge on any atom is 0.329 e. The first-order valence-corrected chi connectivity index (χ1v) is 4.75. The van der Waals surface area contributed by atoms with Crippen LogP contribution in [-0.4, -0.2) is 40.4 Å². The SMILES string of the molecule is CCc1cn[nH]c1NC(=O)COCC(=O)O. The molecule has 1 heterocycles. The van der Waals surface area contributed by atoms with Gasteiger partial charge in [-0.05, 0) is 6.42 Å². The molecule has 0 spiro atoms. The average molecular weight is 227 g/mol. The summed E-state index contributed by atoms with van der Waals surface area (Å²) in [7, 11) is 0. The Balaban J connectivity index is 2.37. The quantitative estimate of drug-likeness (QED) is 0.635. The van der Waals surface area contributed by atoms with E-state index in [2.05, 4.69) is 20.3 Å². The number of amides is 1. The second-order valence-electron chi connectivity index (χ2n) is 3.06. The average Bonchev–Trinajstić information content (AvgIpc) is 2.64. The fourth-order valence-corrected chi connectivity index (χ4v) is 1.09. The van der Waals surface area contributed by atoms with Crippen LogP contribution in [0.25, 0.3) is 0 Å². The smallest absolute Gasteiger partial charge is 0.329 e. The number of carboxylic acid groups (broad SMARTS) is 1. The third kappa shape index (κ3) is 3.70. The lowest BCUT2D eigenvalue weighted by Crippen LogP contribution is -2.21. The van der Waals surface area contributed by atoms with E-state index in [0.717, 1.165) is 12.0 Å². The summed E-state index contributed by atoms with van der Waals surface area (Å²) in [5.41, 5.74) is 0.881. The Bertz CT molecular complexity index is 375. The second kappa shape index (κ2) is 5.86. The number of nitrogens with zero attached hydrogens (tertiary/aromatic N) is 1. The van der Waals surface area contributed by atoms with Gasteiger partial charge in [-0.25, -0.2) is 4.79 Å². The molecule has 0 unspecified atom stereocenters. The van der Waals surface area contributed by atoms with E-state index in [-0.39, 0.29) is 6.61 Å². The maximum absolute atomic E-state index is 11.3. The number of aromatic amines is 1. The molecular formula is C9H13N3O4. The first kappa shape index (κ1) is 12.2. The molecule has 0 aliphatic carbocycles. The van der Waals surface area contributed by atoms with Crippen LogP contribution in [0, 0.1) is 0 Å². The third-order valence-corrected chi connectivity index (χ3v) is 1.82. The van der Waals surface area contributed by atoms with Crippen LogP contribution in [0.2, 0.25) is 0 Å². The van der Waals surface area contributed by atoms with Crippen molar-refractivity contribution in [2.75, 3.05) is 18.5 Å². The van der Waals surface area contributed by atoms with E-state index < -0.39 is 18.5 Å². The number of rotatable bonds is 6. The number of anilines is 1. The van der Waals surface area contributed by atoms with Crippen LogP contribution in [0.15, 0.2) is 6.20 Å². The lowest BCUT2D eigenvalue weighted by molar-refractivity contribution is -0.143. The van der Waals surface area contributed by atoms with Crippen molar-refractivity contribution in [1.29, 1.82) is 0 Å². The second-order valence-corrected chi connectivity index (χ2v) is 3.06. The molecule has 7 nitrogen and oxygen atoms in total. The molecule has 1 rings (SSSR count). The molecule has 7 heteroatoms. The van der Waals surface area contributed by atoms with Gasteiger partial charge < -0.3 is 15.2 Å². The first-order valence-electron chi connectivity index (χ1n) is 4.75. The summed E-state index contributed by atoms with van der Waals surface area (Å²) in [6.07, 6.45) is 2.36. The van der Waals surface area contributed by atoms with Gasteiger partial charge in [0.05, 0.1) is 6.20 Å². The maximum atomic E-state index is 11.3. The Kier molecular flexibility index (Phi) is 4.46. The Morgan fingerprint density at radius 1 is 1.56 bits per heavy atom. The fraction of sp³-hybridized carbons (Fsp3) is 0.444. The van der Waals surface area contributed by atoms with Crippen molar-refractivity contribution in [3.63, 3.8) is 0 Å². The van der Waals surface area contributed by atoms with Gasteiger partial charge in [-0.15, -0.1) is 0 Å². The van der Waals surface area contributed by atoms with Crippen LogP contribution in [0.4, 0.5) is 5.82 Å². The van der Waals surface area contributed by atoms with Gasteiger partial charge >= 0.3 is 5.97 Å². The Labute approximate surface area is 91.8 Å². The first-order chi connectivity index (χ1) is 7.63. The molecule has 1 aromatic heterocycles. The van der Waals surface area contributed by atoms with Crippen LogP contribution in [0.5, 0.6) is 0 Å². The topological polar surface area (TPSA) is 104 Å². The summed E-state index contributed by atoms with van der Waals surface area (Å²) in [6, 6.07) is 0. The molecule has 88 valence electrons. The molecule has 0 saturated heterocycles. The van der Waals surface area contributed by atoms with Gasteiger partial charge in [0, 0.05) is 5.56 Å². The van der Waals surface area contributed by atoms with Crippen molar-refractivity contribution in [3.8, 4) is 0 Å². The highest BCUT2D eigenvalue weighted by Gasteiger charge is 2.08. The lowest BCUT2D eigenvalue weighted by Gasteiger charge is -2.04. The van der Waals surface area contributed by atoms with Gasteiger partial charge in [-0.2, -0.15) is 5.10 Å². The number of hydrogen-bond donors (Lipinski definition) is 3. The van der Waals surface area contributed by atoms with Gasteiger partial charge in [0.25, 0.3) is 5.91 Å². The molecule has 1 amide bonds. The zero-order valence-electron chi connectivity index (χ0n) is 8.82. The molecule has 0 aliphatic rings. The molecule has 0 radical (unpaired) electrons. The van der Waals surface area contributed by atoms with Crippen LogP contribution >= 0.6 is 0 Å². The number of aryl methyl sites for hydroxylation is 1. The van der Waals surface area contributed by atoms with Gasteiger partial charge in [-0.3, -0.25) is 9.89 Å². The summed E-state index contributed by atoms with van der Waals surface area (Å²) in [6.45, 7) is 1.15. The number of carbonyl (C=O) groups is 2. The summed E-state index contributed by atoms with van der Waals surface area (Å²) in [5, 5.41) is 17.2. The van der Waals surface area contributed by atoms with Crippen molar-refractivity contribution >= 4 is 17.7 Å². The summed E-state index contributed by atoms with van der Waals surface area (Å²) >= 11 is 0. The van der Waals surface area contributed by atoms with Gasteiger partial charge in [0.15, 0.2) is 0 Å². The highest BCUT2D eigenvalue weighted by Crippen LogP contribution is 2.10. The minimum Gasteiger partial charge on any atom is -0.480 e. The fourth-order valence-electron chi connectivity index (χ4n) is 1.09. The normalized spacial score (nSPS) is 10.1. The van der Waals surface area contributed by atoms with Crippen LogP contribution < -0.4 is 5.32 Å². The van der Waals surface area contributed by atoms with E-state index in [1.807, 2.05) is 6.92 Å². The van der Waals surface area contributed by atoms with Gasteiger partial charge in [0.2, 0.25) is 0 Å². The van der Waals surface area contributed by atoms with E-state index in [4.69, 9.17) is 5.11 Å². The number of aromatic nitrogens is 2. The predicted octanol–water partition coefficient (Wildman–Crippen LogP) is 0.0118.